The fourth-order valence-electron chi connectivity index (χ4n) is 1.17. The van der Waals surface area contributed by atoms with Crippen molar-refractivity contribution in [3.05, 3.63) is 21.3 Å². The van der Waals surface area contributed by atoms with Crippen LogP contribution in [0.4, 0.5) is 0 Å². The van der Waals surface area contributed by atoms with E-state index in [4.69, 9.17) is 14.7 Å². The van der Waals surface area contributed by atoms with Gasteiger partial charge in [-0.25, -0.2) is 0 Å². The largest absolute Gasteiger partial charge is 0.546 e. The molecular weight excluding hydrogens is 337 g/mol. The van der Waals surface area contributed by atoms with Gasteiger partial charge in [-0.1, -0.05) is 0 Å². The standard InChI is InChI=1S/C11H10INO4/c1-2-16-9-4-7(5-13)3-8(12)11(9)17-6-10(14)15/h3-4H,2,6H2,1H3,(H,14,15)/p-1. The average molecular weight is 346 g/mol. The van der Waals surface area contributed by atoms with Crippen LogP contribution < -0.4 is 14.6 Å². The summed E-state index contributed by atoms with van der Waals surface area (Å²) >= 11 is 1.95. The lowest BCUT2D eigenvalue weighted by Crippen LogP contribution is -2.29. The molecule has 1 aromatic carbocycles. The maximum atomic E-state index is 10.3. The first-order valence-corrected chi connectivity index (χ1v) is 5.85. The van der Waals surface area contributed by atoms with Crippen LogP contribution in [-0.4, -0.2) is 19.2 Å². The van der Waals surface area contributed by atoms with Crippen LogP contribution in [0.2, 0.25) is 0 Å². The highest BCUT2D eigenvalue weighted by Crippen LogP contribution is 2.33. The predicted molar refractivity (Wildman–Crippen MR) is 65.5 cm³/mol. The van der Waals surface area contributed by atoms with Crippen molar-refractivity contribution in [2.24, 2.45) is 0 Å². The number of aliphatic carboxylic acids is 1. The first-order valence-electron chi connectivity index (χ1n) is 4.77. The smallest absolute Gasteiger partial charge is 0.175 e. The minimum absolute atomic E-state index is 0.315. The Hall–Kier alpha value is -1.49. The summed E-state index contributed by atoms with van der Waals surface area (Å²) in [7, 11) is 0. The van der Waals surface area contributed by atoms with Gasteiger partial charge in [0.2, 0.25) is 0 Å². The highest BCUT2D eigenvalue weighted by atomic mass is 127. The number of carboxylic acids is 1. The van der Waals surface area contributed by atoms with Gasteiger partial charge >= 0.3 is 0 Å². The molecule has 0 unspecified atom stereocenters. The second-order valence-electron chi connectivity index (χ2n) is 2.99. The number of rotatable bonds is 5. The summed E-state index contributed by atoms with van der Waals surface area (Å²) in [4.78, 5) is 10.3. The zero-order valence-corrected chi connectivity index (χ0v) is 11.2. The topological polar surface area (TPSA) is 82.4 Å². The Morgan fingerprint density at radius 3 is 2.76 bits per heavy atom. The molecule has 0 heterocycles. The first-order chi connectivity index (χ1) is 8.08. The van der Waals surface area contributed by atoms with Gasteiger partial charge in [0.15, 0.2) is 11.5 Å². The van der Waals surface area contributed by atoms with Crippen molar-refractivity contribution >= 4 is 28.6 Å². The second-order valence-corrected chi connectivity index (χ2v) is 4.15. The van der Waals surface area contributed by atoms with Crippen LogP contribution in [0.5, 0.6) is 11.5 Å². The second kappa shape index (κ2) is 6.30. The molecule has 0 aliphatic carbocycles. The lowest BCUT2D eigenvalue weighted by Gasteiger charge is -2.14. The summed E-state index contributed by atoms with van der Waals surface area (Å²) in [5, 5.41) is 19.2. The summed E-state index contributed by atoms with van der Waals surface area (Å²) in [5.74, 6) is -0.638. The summed E-state index contributed by atoms with van der Waals surface area (Å²) in [6, 6.07) is 5.09. The monoisotopic (exact) mass is 346 g/mol. The first kappa shape index (κ1) is 13.6. The molecule has 17 heavy (non-hydrogen) atoms. The highest BCUT2D eigenvalue weighted by molar-refractivity contribution is 14.1. The lowest BCUT2D eigenvalue weighted by molar-refractivity contribution is -0.307. The molecule has 0 amide bonds. The van der Waals surface area contributed by atoms with Crippen molar-refractivity contribution in [1.29, 1.82) is 5.26 Å². The highest BCUT2D eigenvalue weighted by Gasteiger charge is 2.12. The number of hydrogen-bond acceptors (Lipinski definition) is 5. The summed E-state index contributed by atoms with van der Waals surface area (Å²) in [6.45, 7) is 1.63. The number of halogens is 1. The molecule has 0 aliphatic heterocycles. The van der Waals surface area contributed by atoms with E-state index in [9.17, 15) is 9.90 Å². The third-order valence-corrected chi connectivity index (χ3v) is 2.57. The van der Waals surface area contributed by atoms with Gasteiger partial charge in [-0.15, -0.1) is 0 Å². The number of hydrogen-bond donors (Lipinski definition) is 0. The van der Waals surface area contributed by atoms with Crippen molar-refractivity contribution in [2.45, 2.75) is 6.92 Å². The molecule has 0 atom stereocenters. The van der Waals surface area contributed by atoms with Crippen LogP contribution in [0.25, 0.3) is 0 Å². The van der Waals surface area contributed by atoms with Gasteiger partial charge in [-0.2, -0.15) is 5.26 Å². The lowest BCUT2D eigenvalue weighted by atomic mass is 10.2. The third kappa shape index (κ3) is 3.78. The quantitative estimate of drug-likeness (QED) is 0.733. The summed E-state index contributed by atoms with van der Waals surface area (Å²) in [6.07, 6.45) is 0. The van der Waals surface area contributed by atoms with Crippen molar-refractivity contribution in [1.82, 2.24) is 0 Å². The molecule has 0 radical (unpaired) electrons. The molecule has 0 bridgehead atoms. The molecule has 0 saturated heterocycles. The van der Waals surface area contributed by atoms with Crippen LogP contribution in [0.15, 0.2) is 12.1 Å². The van der Waals surface area contributed by atoms with Gasteiger partial charge in [0.25, 0.3) is 0 Å². The van der Waals surface area contributed by atoms with E-state index in [1.165, 1.54) is 6.07 Å². The molecule has 0 N–H and O–H groups in total. The van der Waals surface area contributed by atoms with E-state index in [1.807, 2.05) is 28.7 Å². The molecule has 0 saturated carbocycles. The number of carboxylic acid groups (broad SMARTS) is 1. The van der Waals surface area contributed by atoms with Crippen molar-refractivity contribution in [2.75, 3.05) is 13.2 Å². The van der Waals surface area contributed by atoms with Crippen molar-refractivity contribution in [3.8, 4) is 17.6 Å². The minimum Gasteiger partial charge on any atom is -0.546 e. The van der Waals surface area contributed by atoms with Crippen LogP contribution in [-0.2, 0) is 4.79 Å². The van der Waals surface area contributed by atoms with Gasteiger partial charge < -0.3 is 19.4 Å². The van der Waals surface area contributed by atoms with E-state index >= 15 is 0 Å². The van der Waals surface area contributed by atoms with Crippen LogP contribution in [0, 0.1) is 14.9 Å². The fraction of sp³-hybridized carbons (Fsp3) is 0.273. The number of ether oxygens (including phenoxy) is 2. The average Bonchev–Trinajstić information content (AvgIpc) is 2.27. The van der Waals surface area contributed by atoms with Gasteiger partial charge in [0.1, 0.15) is 6.61 Å². The number of nitriles is 1. The number of benzene rings is 1. The molecule has 1 aromatic rings. The number of carbonyl (C=O) groups excluding carboxylic acids is 1. The van der Waals surface area contributed by atoms with Crippen molar-refractivity contribution in [3.63, 3.8) is 0 Å². The molecule has 90 valence electrons. The SMILES string of the molecule is CCOc1cc(C#N)cc(I)c1OCC(=O)[O-]. The summed E-state index contributed by atoms with van der Waals surface area (Å²) < 4.78 is 11.0. The molecule has 0 fully saturated rings. The molecule has 5 nitrogen and oxygen atoms in total. The maximum Gasteiger partial charge on any atom is 0.175 e. The van der Waals surface area contributed by atoms with E-state index < -0.39 is 12.6 Å². The van der Waals surface area contributed by atoms with Crippen LogP contribution in [0.3, 0.4) is 0 Å². The Bertz CT molecular complexity index is 467. The van der Waals surface area contributed by atoms with Gasteiger partial charge in [0, 0.05) is 6.07 Å². The van der Waals surface area contributed by atoms with Crippen molar-refractivity contribution < 1.29 is 19.4 Å². The Morgan fingerprint density at radius 2 is 2.24 bits per heavy atom. The molecule has 0 spiro atoms. The normalized spacial score (nSPS) is 9.47. The minimum atomic E-state index is -1.31. The predicted octanol–water partition coefficient (Wildman–Crippen LogP) is 0.690. The zero-order valence-electron chi connectivity index (χ0n) is 9.03. The van der Waals surface area contributed by atoms with E-state index in [0.29, 0.717) is 27.2 Å². The Morgan fingerprint density at radius 1 is 1.53 bits per heavy atom. The number of carbonyl (C=O) groups is 1. The summed E-state index contributed by atoms with van der Waals surface area (Å²) in [5.41, 5.74) is 0.429. The zero-order chi connectivity index (χ0) is 12.8. The van der Waals surface area contributed by atoms with Gasteiger partial charge in [0.05, 0.1) is 27.8 Å². The van der Waals surface area contributed by atoms with E-state index in [0.717, 1.165) is 0 Å². The van der Waals surface area contributed by atoms with Crippen LogP contribution >= 0.6 is 22.6 Å². The fourth-order valence-corrected chi connectivity index (χ4v) is 1.92. The van der Waals surface area contributed by atoms with E-state index in [-0.39, 0.29) is 0 Å². The molecule has 0 aliphatic rings. The Labute approximate surface area is 112 Å². The van der Waals surface area contributed by atoms with Crippen LogP contribution in [0.1, 0.15) is 12.5 Å². The Kier molecular flexibility index (Phi) is 5.03. The van der Waals surface area contributed by atoms with E-state index in [1.54, 1.807) is 13.0 Å². The molecular formula is C11H9INO4-. The maximum absolute atomic E-state index is 10.3. The molecule has 6 heteroatoms. The van der Waals surface area contributed by atoms with E-state index in [2.05, 4.69) is 0 Å². The Balaban J connectivity index is 3.08. The van der Waals surface area contributed by atoms with Gasteiger partial charge in [-0.3, -0.25) is 0 Å². The van der Waals surface area contributed by atoms with Gasteiger partial charge in [-0.05, 0) is 35.6 Å². The molecule has 0 aromatic heterocycles. The third-order valence-electron chi connectivity index (χ3n) is 1.77. The number of nitrogens with zero attached hydrogens (tertiary/aromatic N) is 1. The molecule has 1 rings (SSSR count).